The summed E-state index contributed by atoms with van der Waals surface area (Å²) >= 11 is 5.81. The van der Waals surface area contributed by atoms with Gasteiger partial charge in [-0.3, -0.25) is 0 Å². The first kappa shape index (κ1) is 13.8. The van der Waals surface area contributed by atoms with Crippen LogP contribution in [-0.2, 0) is 9.84 Å². The molecule has 1 N–H and O–H groups in total. The Hall–Kier alpha value is -1.66. The zero-order valence-electron chi connectivity index (χ0n) is 10.4. The minimum absolute atomic E-state index is 0.0755. The fourth-order valence-corrected chi connectivity index (χ4v) is 2.24. The van der Waals surface area contributed by atoms with Crippen molar-refractivity contribution >= 4 is 32.9 Å². The summed E-state index contributed by atoms with van der Waals surface area (Å²) in [5.41, 5.74) is 1.84. The smallest absolute Gasteiger partial charge is 0.250 e. The van der Waals surface area contributed by atoms with Gasteiger partial charge in [0.1, 0.15) is 11.0 Å². The van der Waals surface area contributed by atoms with Crippen molar-refractivity contribution in [2.45, 2.75) is 12.1 Å². The van der Waals surface area contributed by atoms with E-state index in [-0.39, 0.29) is 10.3 Å². The van der Waals surface area contributed by atoms with Crippen molar-refractivity contribution in [1.82, 2.24) is 9.97 Å². The zero-order chi connectivity index (χ0) is 14.0. The van der Waals surface area contributed by atoms with Gasteiger partial charge in [-0.25, -0.2) is 18.4 Å². The normalized spacial score (nSPS) is 11.3. The van der Waals surface area contributed by atoms with Crippen molar-refractivity contribution in [2.24, 2.45) is 0 Å². The van der Waals surface area contributed by atoms with Gasteiger partial charge in [0.05, 0.1) is 0 Å². The topological polar surface area (TPSA) is 72.0 Å². The van der Waals surface area contributed by atoms with E-state index < -0.39 is 9.84 Å². The Morgan fingerprint density at radius 3 is 2.53 bits per heavy atom. The molecule has 0 aliphatic rings. The number of hydrogen-bond acceptors (Lipinski definition) is 5. The molecule has 0 amide bonds. The average molecular weight is 298 g/mol. The number of nitrogens with zero attached hydrogens (tertiary/aromatic N) is 2. The van der Waals surface area contributed by atoms with Crippen LogP contribution < -0.4 is 5.32 Å². The number of para-hydroxylation sites is 1. The van der Waals surface area contributed by atoms with Crippen LogP contribution in [0.15, 0.2) is 35.5 Å². The number of aryl methyl sites for hydroxylation is 1. The summed E-state index contributed by atoms with van der Waals surface area (Å²) in [6, 6.07) is 9.06. The summed E-state index contributed by atoms with van der Waals surface area (Å²) in [5.74, 6) is 0.342. The fourth-order valence-electron chi connectivity index (χ4n) is 1.48. The molecule has 0 atom stereocenters. The van der Waals surface area contributed by atoms with Crippen molar-refractivity contribution in [3.05, 3.63) is 41.0 Å². The Morgan fingerprint density at radius 1 is 1.21 bits per heavy atom. The number of hydrogen-bond donors (Lipinski definition) is 1. The van der Waals surface area contributed by atoms with Crippen LogP contribution in [0, 0.1) is 6.92 Å². The highest BCUT2D eigenvalue weighted by molar-refractivity contribution is 7.90. The minimum Gasteiger partial charge on any atom is -0.340 e. The molecule has 0 saturated carbocycles. The number of benzene rings is 1. The van der Waals surface area contributed by atoms with Gasteiger partial charge in [-0.1, -0.05) is 29.8 Å². The monoisotopic (exact) mass is 297 g/mol. The van der Waals surface area contributed by atoms with E-state index in [1.165, 1.54) is 6.07 Å². The third-order valence-electron chi connectivity index (χ3n) is 2.41. The van der Waals surface area contributed by atoms with Crippen molar-refractivity contribution in [3.8, 4) is 0 Å². The molecule has 1 heterocycles. The van der Waals surface area contributed by atoms with Gasteiger partial charge < -0.3 is 5.32 Å². The molecule has 5 nitrogen and oxygen atoms in total. The molecule has 0 saturated heterocycles. The van der Waals surface area contributed by atoms with Gasteiger partial charge in [0.2, 0.25) is 15.0 Å². The maximum atomic E-state index is 11.4. The SMILES string of the molecule is Cc1ccccc1Nc1cc(Cl)nc(S(C)(=O)=O)n1. The standard InChI is InChI=1S/C12H12ClN3O2S/c1-8-5-3-4-6-9(8)14-11-7-10(13)15-12(16-11)19(2,17)18/h3-7H,1-2H3,(H,14,15,16). The van der Waals surface area contributed by atoms with E-state index in [0.717, 1.165) is 17.5 Å². The molecule has 0 aliphatic heterocycles. The Balaban J connectivity index is 2.42. The van der Waals surface area contributed by atoms with Crippen LogP contribution in [0.4, 0.5) is 11.5 Å². The predicted molar refractivity (Wildman–Crippen MR) is 74.6 cm³/mol. The van der Waals surface area contributed by atoms with Gasteiger partial charge in [-0.15, -0.1) is 0 Å². The van der Waals surface area contributed by atoms with Crippen LogP contribution in [0.3, 0.4) is 0 Å². The first-order valence-corrected chi connectivity index (χ1v) is 7.70. The fraction of sp³-hybridized carbons (Fsp3) is 0.167. The minimum atomic E-state index is -3.50. The molecule has 7 heteroatoms. The maximum absolute atomic E-state index is 11.4. The lowest BCUT2D eigenvalue weighted by Gasteiger charge is -2.09. The Kier molecular flexibility index (Phi) is 3.73. The van der Waals surface area contributed by atoms with Gasteiger partial charge in [0.25, 0.3) is 0 Å². The number of sulfone groups is 1. The van der Waals surface area contributed by atoms with Gasteiger partial charge in [-0.2, -0.15) is 0 Å². The molecule has 19 heavy (non-hydrogen) atoms. The van der Waals surface area contributed by atoms with Gasteiger partial charge in [0.15, 0.2) is 0 Å². The second-order valence-electron chi connectivity index (χ2n) is 4.07. The summed E-state index contributed by atoms with van der Waals surface area (Å²) in [5, 5.41) is 2.81. The molecule has 0 radical (unpaired) electrons. The quantitative estimate of drug-likeness (QED) is 0.696. The van der Waals surface area contributed by atoms with E-state index in [1.807, 2.05) is 31.2 Å². The van der Waals surface area contributed by atoms with E-state index in [2.05, 4.69) is 15.3 Å². The molecule has 0 fully saturated rings. The second kappa shape index (κ2) is 5.14. The third-order valence-corrected chi connectivity index (χ3v) is 3.45. The van der Waals surface area contributed by atoms with Crippen LogP contribution in [0.1, 0.15) is 5.56 Å². The van der Waals surface area contributed by atoms with Crippen molar-refractivity contribution in [3.63, 3.8) is 0 Å². The highest BCUT2D eigenvalue weighted by Gasteiger charge is 2.14. The Morgan fingerprint density at radius 2 is 1.89 bits per heavy atom. The van der Waals surface area contributed by atoms with Gasteiger partial charge >= 0.3 is 0 Å². The predicted octanol–water partition coefficient (Wildman–Crippen LogP) is 2.59. The van der Waals surface area contributed by atoms with E-state index in [4.69, 9.17) is 11.6 Å². The van der Waals surface area contributed by atoms with E-state index in [9.17, 15) is 8.42 Å². The number of halogens is 1. The molecule has 2 aromatic rings. The molecule has 1 aromatic carbocycles. The van der Waals surface area contributed by atoms with Crippen molar-refractivity contribution < 1.29 is 8.42 Å². The third kappa shape index (κ3) is 3.42. The van der Waals surface area contributed by atoms with Crippen LogP contribution in [0.2, 0.25) is 5.15 Å². The first-order chi connectivity index (χ1) is 8.86. The van der Waals surface area contributed by atoms with Crippen molar-refractivity contribution in [2.75, 3.05) is 11.6 Å². The van der Waals surface area contributed by atoms with Gasteiger partial charge in [0, 0.05) is 18.0 Å². The summed E-state index contributed by atoms with van der Waals surface area (Å²) < 4.78 is 22.9. The largest absolute Gasteiger partial charge is 0.340 e. The Labute approximate surface area is 116 Å². The molecule has 0 aliphatic carbocycles. The van der Waals surface area contributed by atoms with Gasteiger partial charge in [-0.05, 0) is 18.6 Å². The van der Waals surface area contributed by atoms with Crippen molar-refractivity contribution in [1.29, 1.82) is 0 Å². The van der Waals surface area contributed by atoms with Crippen LogP contribution in [-0.4, -0.2) is 24.6 Å². The lowest BCUT2D eigenvalue weighted by atomic mass is 10.2. The lowest BCUT2D eigenvalue weighted by Crippen LogP contribution is -2.06. The number of aromatic nitrogens is 2. The second-order valence-corrected chi connectivity index (χ2v) is 6.37. The van der Waals surface area contributed by atoms with Crippen LogP contribution in [0.5, 0.6) is 0 Å². The summed E-state index contributed by atoms with van der Waals surface area (Å²) in [7, 11) is -3.50. The molecule has 1 aromatic heterocycles. The summed E-state index contributed by atoms with van der Waals surface area (Å²) in [4.78, 5) is 7.64. The number of anilines is 2. The number of nitrogens with one attached hydrogen (secondary N) is 1. The molecule has 0 spiro atoms. The molecular weight excluding hydrogens is 286 g/mol. The molecule has 0 unspecified atom stereocenters. The van der Waals surface area contributed by atoms with Crippen LogP contribution in [0.25, 0.3) is 0 Å². The maximum Gasteiger partial charge on any atom is 0.250 e. The highest BCUT2D eigenvalue weighted by atomic mass is 35.5. The van der Waals surface area contributed by atoms with E-state index in [1.54, 1.807) is 0 Å². The molecule has 100 valence electrons. The lowest BCUT2D eigenvalue weighted by molar-refractivity contribution is 0.593. The molecule has 2 rings (SSSR count). The number of rotatable bonds is 3. The van der Waals surface area contributed by atoms with E-state index in [0.29, 0.717) is 5.82 Å². The van der Waals surface area contributed by atoms with Crippen LogP contribution >= 0.6 is 11.6 Å². The summed E-state index contributed by atoms with van der Waals surface area (Å²) in [6.07, 6.45) is 1.04. The highest BCUT2D eigenvalue weighted by Crippen LogP contribution is 2.21. The van der Waals surface area contributed by atoms with E-state index >= 15 is 0 Å². The zero-order valence-corrected chi connectivity index (χ0v) is 12.0. The average Bonchev–Trinajstić information content (AvgIpc) is 2.30. The summed E-state index contributed by atoms with van der Waals surface area (Å²) in [6.45, 7) is 1.93. The molecular formula is C12H12ClN3O2S. The first-order valence-electron chi connectivity index (χ1n) is 5.43. The molecule has 0 bridgehead atoms. The Bertz CT molecular complexity index is 717.